The van der Waals surface area contributed by atoms with Gasteiger partial charge in [-0.2, -0.15) is 0 Å². The second-order valence-electron chi connectivity index (χ2n) is 7.81. The lowest BCUT2D eigenvalue weighted by Crippen LogP contribution is -2.44. The first-order valence-electron chi connectivity index (χ1n) is 9.00. The van der Waals surface area contributed by atoms with Gasteiger partial charge in [0.25, 0.3) is 5.91 Å². The largest absolute Gasteiger partial charge is 0.443 e. The van der Waals surface area contributed by atoms with Gasteiger partial charge in [-0.3, -0.25) is 9.69 Å². The second kappa shape index (κ2) is 7.09. The quantitative estimate of drug-likeness (QED) is 0.767. The summed E-state index contributed by atoms with van der Waals surface area (Å²) >= 11 is 6.27. The summed E-state index contributed by atoms with van der Waals surface area (Å²) in [6, 6.07) is -0.605. The number of halogens is 1. The van der Waals surface area contributed by atoms with E-state index in [9.17, 15) is 14.4 Å². The summed E-state index contributed by atoms with van der Waals surface area (Å²) < 4.78 is 6.68. The molecule has 0 aromatic carbocycles. The van der Waals surface area contributed by atoms with Crippen LogP contribution in [0.5, 0.6) is 0 Å². The van der Waals surface area contributed by atoms with Gasteiger partial charge in [-0.15, -0.1) is 0 Å². The van der Waals surface area contributed by atoms with Crippen molar-refractivity contribution in [2.24, 2.45) is 0 Å². The Morgan fingerprint density at radius 1 is 1.32 bits per heavy atom. The molecule has 28 heavy (non-hydrogen) atoms. The van der Waals surface area contributed by atoms with Gasteiger partial charge in [0.15, 0.2) is 5.15 Å². The predicted octanol–water partition coefficient (Wildman–Crippen LogP) is 3.73. The molecule has 2 aromatic rings. The van der Waals surface area contributed by atoms with Crippen LogP contribution in [0.15, 0.2) is 12.4 Å². The molecule has 0 unspecified atom stereocenters. The van der Waals surface area contributed by atoms with Crippen LogP contribution in [0.4, 0.5) is 9.59 Å². The van der Waals surface area contributed by atoms with E-state index in [1.165, 1.54) is 22.7 Å². The molecule has 3 rings (SSSR count). The number of aromatic nitrogens is 2. The van der Waals surface area contributed by atoms with Crippen molar-refractivity contribution in [3.05, 3.63) is 28.7 Å². The molecular weight excluding hydrogens is 384 g/mol. The Balaban J connectivity index is 2.13. The lowest BCUT2D eigenvalue weighted by atomic mass is 10.1. The van der Waals surface area contributed by atoms with E-state index in [1.54, 1.807) is 33.9 Å². The summed E-state index contributed by atoms with van der Waals surface area (Å²) in [4.78, 5) is 43.3. The molecule has 2 heterocycles. The van der Waals surface area contributed by atoms with Crippen molar-refractivity contribution in [2.75, 3.05) is 7.05 Å². The van der Waals surface area contributed by atoms with Gasteiger partial charge >= 0.3 is 12.1 Å². The Kier molecular flexibility index (Phi) is 5.10. The van der Waals surface area contributed by atoms with Crippen LogP contribution in [0, 0.1) is 6.92 Å². The zero-order valence-electron chi connectivity index (χ0n) is 16.5. The van der Waals surface area contributed by atoms with Crippen LogP contribution in [-0.2, 0) is 4.74 Å². The maximum Gasteiger partial charge on any atom is 0.419 e. The number of hydrogen-bond donors (Lipinski definition) is 1. The Labute approximate surface area is 167 Å². The molecule has 2 aromatic heterocycles. The smallest absolute Gasteiger partial charge is 0.419 e. The van der Waals surface area contributed by atoms with E-state index in [1.807, 2.05) is 0 Å². The van der Waals surface area contributed by atoms with E-state index in [2.05, 4.69) is 10.3 Å². The van der Waals surface area contributed by atoms with Gasteiger partial charge in [0, 0.05) is 30.9 Å². The molecule has 8 nitrogen and oxygen atoms in total. The molecule has 0 radical (unpaired) electrons. The number of fused-ring (bicyclic) bond motifs is 1. The van der Waals surface area contributed by atoms with Crippen molar-refractivity contribution >= 4 is 40.5 Å². The second-order valence-corrected chi connectivity index (χ2v) is 8.17. The van der Waals surface area contributed by atoms with Crippen LogP contribution in [0.1, 0.15) is 49.5 Å². The number of imide groups is 1. The fraction of sp³-hybridized carbons (Fsp3) is 0.474. The van der Waals surface area contributed by atoms with Crippen LogP contribution in [-0.4, -0.2) is 51.2 Å². The Morgan fingerprint density at radius 2 is 1.96 bits per heavy atom. The predicted molar refractivity (Wildman–Crippen MR) is 105 cm³/mol. The molecule has 1 aliphatic rings. The third-order valence-corrected chi connectivity index (χ3v) is 4.63. The first-order chi connectivity index (χ1) is 13.0. The highest BCUT2D eigenvalue weighted by Gasteiger charge is 2.38. The summed E-state index contributed by atoms with van der Waals surface area (Å²) in [7, 11) is 1.48. The maximum atomic E-state index is 13.2. The van der Waals surface area contributed by atoms with E-state index in [0.717, 1.165) is 12.8 Å². The topological polar surface area (TPSA) is 93.5 Å². The van der Waals surface area contributed by atoms with Gasteiger partial charge in [-0.1, -0.05) is 11.6 Å². The first-order valence-corrected chi connectivity index (χ1v) is 9.37. The Hall–Kier alpha value is -2.61. The number of pyridine rings is 1. The summed E-state index contributed by atoms with van der Waals surface area (Å²) in [5.41, 5.74) is 0.458. The summed E-state index contributed by atoms with van der Waals surface area (Å²) in [5.74, 6) is -0.471. The van der Waals surface area contributed by atoms with Crippen molar-refractivity contribution in [3.63, 3.8) is 0 Å². The molecule has 9 heteroatoms. The molecule has 3 amide bonds. The van der Waals surface area contributed by atoms with Crippen molar-refractivity contribution in [1.29, 1.82) is 0 Å². The minimum Gasteiger partial charge on any atom is -0.443 e. The average molecular weight is 407 g/mol. The summed E-state index contributed by atoms with van der Waals surface area (Å²) in [6.45, 7) is 7.04. The van der Waals surface area contributed by atoms with E-state index in [-0.39, 0.29) is 22.3 Å². The highest BCUT2D eigenvalue weighted by Crippen LogP contribution is 2.33. The Morgan fingerprint density at radius 3 is 2.50 bits per heavy atom. The zero-order valence-corrected chi connectivity index (χ0v) is 17.3. The van der Waals surface area contributed by atoms with Gasteiger partial charge in [-0.05, 0) is 46.1 Å². The van der Waals surface area contributed by atoms with Crippen LogP contribution in [0.2, 0.25) is 5.15 Å². The molecule has 150 valence electrons. The SMILES string of the molecule is CNC(=O)N(C(=O)c1cnc(Cl)c2c1c(C)cn2C(=O)OC(C)(C)C)C1CC1. The molecule has 0 aliphatic heterocycles. The van der Waals surface area contributed by atoms with E-state index in [0.29, 0.717) is 10.9 Å². The lowest BCUT2D eigenvalue weighted by molar-refractivity contribution is 0.0543. The average Bonchev–Trinajstić information content (AvgIpc) is 3.36. The molecule has 0 bridgehead atoms. The maximum absolute atomic E-state index is 13.2. The third-order valence-electron chi connectivity index (χ3n) is 4.35. The van der Waals surface area contributed by atoms with Crippen molar-refractivity contribution in [3.8, 4) is 0 Å². The monoisotopic (exact) mass is 406 g/mol. The fourth-order valence-electron chi connectivity index (χ4n) is 3.04. The van der Waals surface area contributed by atoms with Gasteiger partial charge < -0.3 is 10.1 Å². The van der Waals surface area contributed by atoms with Crippen LogP contribution in [0.3, 0.4) is 0 Å². The number of nitrogens with zero attached hydrogens (tertiary/aromatic N) is 3. The minimum absolute atomic E-state index is 0.0726. The van der Waals surface area contributed by atoms with Crippen LogP contribution >= 0.6 is 11.6 Å². The number of hydrogen-bond acceptors (Lipinski definition) is 5. The number of ether oxygens (including phenoxy) is 1. The fourth-order valence-corrected chi connectivity index (χ4v) is 3.28. The van der Waals surface area contributed by atoms with E-state index < -0.39 is 23.6 Å². The standard InChI is InChI=1S/C19H23ClN4O4/c1-10-9-23(18(27)28-19(2,3)4)14-13(10)12(8-22-15(14)20)16(25)24(11-6-7-11)17(26)21-5/h8-9,11H,6-7H2,1-5H3,(H,21,26). The van der Waals surface area contributed by atoms with Crippen LogP contribution < -0.4 is 5.32 Å². The lowest BCUT2D eigenvalue weighted by Gasteiger charge is -2.21. The van der Waals surface area contributed by atoms with E-state index >= 15 is 0 Å². The molecular formula is C19H23ClN4O4. The molecule has 1 saturated carbocycles. The number of carbonyl (C=O) groups is 3. The normalized spacial score (nSPS) is 14.1. The third kappa shape index (κ3) is 3.69. The number of nitrogens with one attached hydrogen (secondary N) is 1. The molecule has 0 atom stereocenters. The zero-order chi connectivity index (χ0) is 20.8. The highest BCUT2D eigenvalue weighted by molar-refractivity contribution is 6.35. The first kappa shape index (κ1) is 20.1. The highest BCUT2D eigenvalue weighted by atomic mass is 35.5. The number of carbonyl (C=O) groups excluding carboxylic acids is 3. The number of amides is 3. The van der Waals surface area contributed by atoms with Gasteiger partial charge in [-0.25, -0.2) is 19.1 Å². The molecule has 0 spiro atoms. The molecule has 1 fully saturated rings. The molecule has 0 saturated heterocycles. The van der Waals surface area contributed by atoms with Crippen LogP contribution in [0.25, 0.3) is 10.9 Å². The number of urea groups is 1. The molecule has 1 N–H and O–H groups in total. The van der Waals surface area contributed by atoms with Gasteiger partial charge in [0.05, 0.1) is 11.1 Å². The number of aryl methyl sites for hydroxylation is 1. The minimum atomic E-state index is -0.698. The van der Waals surface area contributed by atoms with Gasteiger partial charge in [0.2, 0.25) is 0 Å². The summed E-state index contributed by atoms with van der Waals surface area (Å²) in [5, 5.41) is 3.05. The molecule has 1 aliphatic carbocycles. The van der Waals surface area contributed by atoms with Crippen molar-refractivity contribution < 1.29 is 19.1 Å². The van der Waals surface area contributed by atoms with Gasteiger partial charge in [0.1, 0.15) is 5.60 Å². The summed E-state index contributed by atoms with van der Waals surface area (Å²) in [6.07, 6.45) is 3.81. The number of rotatable bonds is 2. The van der Waals surface area contributed by atoms with Crippen molar-refractivity contribution in [2.45, 2.75) is 52.2 Å². The van der Waals surface area contributed by atoms with E-state index in [4.69, 9.17) is 16.3 Å². The Bertz CT molecular complexity index is 972. The van der Waals surface area contributed by atoms with Crippen molar-refractivity contribution in [1.82, 2.24) is 19.8 Å².